The molecule has 0 atom stereocenters. The van der Waals surface area contributed by atoms with Gasteiger partial charge in [0.15, 0.2) is 0 Å². The maximum atomic E-state index is 8.95. The number of nitriles is 1. The molecule has 0 amide bonds. The predicted octanol–water partition coefficient (Wildman–Crippen LogP) is 2.46. The number of nitrogens with zero attached hydrogens (tertiary/aromatic N) is 2. The molecule has 1 aromatic carbocycles. The average Bonchev–Trinajstić information content (AvgIpc) is 2.28. The van der Waals surface area contributed by atoms with Gasteiger partial charge in [-0.3, -0.25) is 0 Å². The van der Waals surface area contributed by atoms with Crippen LogP contribution in [0.2, 0.25) is 0 Å². The summed E-state index contributed by atoms with van der Waals surface area (Å²) in [5, 5.41) is 12.9. The molecular weight excluding hydrogens is 186 g/mol. The van der Waals surface area contributed by atoms with Crippen molar-refractivity contribution in [1.29, 1.82) is 5.26 Å². The van der Waals surface area contributed by atoms with Crippen LogP contribution in [0.15, 0.2) is 24.3 Å². The molecule has 3 heteroatoms. The summed E-state index contributed by atoms with van der Waals surface area (Å²) >= 11 is 0. The van der Waals surface area contributed by atoms with Crippen LogP contribution in [0, 0.1) is 18.3 Å². The van der Waals surface area contributed by atoms with Gasteiger partial charge in [0.25, 0.3) is 0 Å². The fraction of sp³-hybridized carbons (Fsp3) is 0.167. The lowest BCUT2D eigenvalue weighted by Gasteiger charge is -2.06. The van der Waals surface area contributed by atoms with Gasteiger partial charge >= 0.3 is 0 Å². The van der Waals surface area contributed by atoms with Crippen molar-refractivity contribution in [2.45, 2.75) is 6.92 Å². The van der Waals surface area contributed by atoms with Gasteiger partial charge in [-0.05, 0) is 18.6 Å². The highest BCUT2D eigenvalue weighted by Gasteiger charge is 2.05. The Morgan fingerprint density at radius 3 is 2.87 bits per heavy atom. The van der Waals surface area contributed by atoms with Crippen LogP contribution in [0.1, 0.15) is 11.1 Å². The van der Waals surface area contributed by atoms with Crippen LogP contribution in [0.5, 0.6) is 0 Å². The Labute approximate surface area is 88.4 Å². The Kier molecular flexibility index (Phi) is 2.26. The molecule has 1 heterocycles. The van der Waals surface area contributed by atoms with Gasteiger partial charge in [-0.25, -0.2) is 4.98 Å². The molecule has 1 N–H and O–H groups in total. The summed E-state index contributed by atoms with van der Waals surface area (Å²) in [4.78, 5) is 4.43. The fourth-order valence-corrected chi connectivity index (χ4v) is 1.62. The number of para-hydroxylation sites is 1. The summed E-state index contributed by atoms with van der Waals surface area (Å²) in [6, 6.07) is 9.95. The maximum absolute atomic E-state index is 8.95. The van der Waals surface area contributed by atoms with Crippen LogP contribution in [0.25, 0.3) is 10.9 Å². The van der Waals surface area contributed by atoms with Crippen LogP contribution in [0.3, 0.4) is 0 Å². The number of rotatable bonds is 1. The highest BCUT2D eigenvalue weighted by atomic mass is 15.0. The van der Waals surface area contributed by atoms with E-state index in [1.807, 2.05) is 31.2 Å². The second-order valence-corrected chi connectivity index (χ2v) is 3.39. The van der Waals surface area contributed by atoms with E-state index < -0.39 is 0 Å². The first-order valence-electron chi connectivity index (χ1n) is 4.74. The van der Waals surface area contributed by atoms with Crippen molar-refractivity contribution in [2.75, 3.05) is 12.4 Å². The molecule has 0 aliphatic carbocycles. The van der Waals surface area contributed by atoms with Crippen molar-refractivity contribution < 1.29 is 0 Å². The third-order valence-corrected chi connectivity index (χ3v) is 2.40. The molecule has 0 fully saturated rings. The van der Waals surface area contributed by atoms with Crippen molar-refractivity contribution in [3.05, 3.63) is 35.4 Å². The highest BCUT2D eigenvalue weighted by molar-refractivity contribution is 5.85. The third kappa shape index (κ3) is 1.50. The summed E-state index contributed by atoms with van der Waals surface area (Å²) in [6.45, 7) is 2.01. The molecule has 1 aromatic heterocycles. The van der Waals surface area contributed by atoms with E-state index in [9.17, 15) is 0 Å². The molecule has 0 saturated heterocycles. The molecular formula is C12H11N3. The van der Waals surface area contributed by atoms with Gasteiger partial charge in [0.05, 0.1) is 11.1 Å². The Morgan fingerprint density at radius 2 is 2.20 bits per heavy atom. The van der Waals surface area contributed by atoms with E-state index in [0.29, 0.717) is 11.4 Å². The molecule has 74 valence electrons. The maximum Gasteiger partial charge on any atom is 0.144 e. The Bertz CT molecular complexity index is 553. The fourth-order valence-electron chi connectivity index (χ4n) is 1.62. The lowest BCUT2D eigenvalue weighted by Crippen LogP contribution is -1.97. The second kappa shape index (κ2) is 3.58. The van der Waals surface area contributed by atoms with Gasteiger partial charge in [0, 0.05) is 12.4 Å². The van der Waals surface area contributed by atoms with Crippen LogP contribution in [-0.4, -0.2) is 12.0 Å². The van der Waals surface area contributed by atoms with E-state index in [1.54, 1.807) is 7.05 Å². The number of anilines is 1. The third-order valence-electron chi connectivity index (χ3n) is 2.40. The van der Waals surface area contributed by atoms with Gasteiger partial charge in [-0.15, -0.1) is 0 Å². The number of benzene rings is 1. The summed E-state index contributed by atoms with van der Waals surface area (Å²) in [7, 11) is 1.77. The SMILES string of the molecule is CNc1nc2c(C)cccc2cc1C#N. The minimum absolute atomic E-state index is 0.579. The molecule has 2 rings (SSSR count). The standard InChI is InChI=1S/C12H11N3/c1-8-4-3-5-9-6-10(7-13)12(14-2)15-11(8)9/h3-6H,1-2H3,(H,14,15). The molecule has 0 bridgehead atoms. The molecule has 0 saturated carbocycles. The summed E-state index contributed by atoms with van der Waals surface area (Å²) in [5.41, 5.74) is 2.64. The van der Waals surface area contributed by atoms with Crippen molar-refractivity contribution >= 4 is 16.7 Å². The largest absolute Gasteiger partial charge is 0.372 e. The van der Waals surface area contributed by atoms with Gasteiger partial charge in [0.1, 0.15) is 11.9 Å². The highest BCUT2D eigenvalue weighted by Crippen LogP contribution is 2.21. The zero-order valence-electron chi connectivity index (χ0n) is 8.70. The molecule has 0 spiro atoms. The van der Waals surface area contributed by atoms with Crippen molar-refractivity contribution in [3.8, 4) is 6.07 Å². The second-order valence-electron chi connectivity index (χ2n) is 3.39. The monoisotopic (exact) mass is 197 g/mol. The zero-order valence-corrected chi connectivity index (χ0v) is 8.70. The predicted molar refractivity (Wildman–Crippen MR) is 60.7 cm³/mol. The Balaban J connectivity index is 2.83. The van der Waals surface area contributed by atoms with Crippen molar-refractivity contribution in [3.63, 3.8) is 0 Å². The van der Waals surface area contributed by atoms with Crippen LogP contribution >= 0.6 is 0 Å². The topological polar surface area (TPSA) is 48.7 Å². The normalized spacial score (nSPS) is 9.93. The molecule has 15 heavy (non-hydrogen) atoms. The number of pyridine rings is 1. The van der Waals surface area contributed by atoms with Crippen molar-refractivity contribution in [1.82, 2.24) is 4.98 Å². The molecule has 0 unspecified atom stereocenters. The van der Waals surface area contributed by atoms with E-state index in [2.05, 4.69) is 16.4 Å². The number of nitrogens with one attached hydrogen (secondary N) is 1. The van der Waals surface area contributed by atoms with E-state index >= 15 is 0 Å². The van der Waals surface area contributed by atoms with Crippen LogP contribution in [0.4, 0.5) is 5.82 Å². The minimum Gasteiger partial charge on any atom is -0.372 e. The smallest absolute Gasteiger partial charge is 0.144 e. The van der Waals surface area contributed by atoms with E-state index in [0.717, 1.165) is 16.5 Å². The summed E-state index contributed by atoms with van der Waals surface area (Å²) < 4.78 is 0. The first kappa shape index (κ1) is 9.47. The molecule has 0 aliphatic heterocycles. The number of aromatic nitrogens is 1. The molecule has 0 aliphatic rings. The number of aryl methyl sites for hydroxylation is 1. The van der Waals surface area contributed by atoms with Gasteiger partial charge in [0.2, 0.25) is 0 Å². The Hall–Kier alpha value is -2.08. The number of hydrogen-bond donors (Lipinski definition) is 1. The van der Waals surface area contributed by atoms with E-state index in [-0.39, 0.29) is 0 Å². The molecule has 2 aromatic rings. The van der Waals surface area contributed by atoms with Crippen LogP contribution < -0.4 is 5.32 Å². The first-order valence-corrected chi connectivity index (χ1v) is 4.74. The number of hydrogen-bond acceptors (Lipinski definition) is 3. The first-order chi connectivity index (χ1) is 7.26. The summed E-state index contributed by atoms with van der Waals surface area (Å²) in [5.74, 6) is 0.638. The summed E-state index contributed by atoms with van der Waals surface area (Å²) in [6.07, 6.45) is 0. The quantitative estimate of drug-likeness (QED) is 0.763. The van der Waals surface area contributed by atoms with E-state index in [4.69, 9.17) is 5.26 Å². The molecule has 3 nitrogen and oxygen atoms in total. The number of fused-ring (bicyclic) bond motifs is 1. The average molecular weight is 197 g/mol. The van der Waals surface area contributed by atoms with Gasteiger partial charge < -0.3 is 5.32 Å². The van der Waals surface area contributed by atoms with E-state index in [1.165, 1.54) is 0 Å². The van der Waals surface area contributed by atoms with Crippen molar-refractivity contribution in [2.24, 2.45) is 0 Å². The zero-order chi connectivity index (χ0) is 10.8. The lowest BCUT2D eigenvalue weighted by molar-refractivity contribution is 1.30. The van der Waals surface area contributed by atoms with Gasteiger partial charge in [-0.2, -0.15) is 5.26 Å². The lowest BCUT2D eigenvalue weighted by atomic mass is 10.1. The van der Waals surface area contributed by atoms with Gasteiger partial charge in [-0.1, -0.05) is 18.2 Å². The van der Waals surface area contributed by atoms with Crippen LogP contribution in [-0.2, 0) is 0 Å². The minimum atomic E-state index is 0.579. The molecule has 0 radical (unpaired) electrons. The Morgan fingerprint density at radius 1 is 1.40 bits per heavy atom.